The topological polar surface area (TPSA) is 65.8 Å². The minimum absolute atomic E-state index is 0.0533. The molecule has 3 aromatic rings. The Kier molecular flexibility index (Phi) is 8.10. The molecule has 1 aromatic heterocycles. The minimum atomic E-state index is -4.46. The molecule has 0 saturated carbocycles. The maximum Gasteiger partial charge on any atom is 0.416 e. The van der Waals surface area contributed by atoms with Gasteiger partial charge in [0, 0.05) is 38.3 Å². The lowest BCUT2D eigenvalue weighted by Gasteiger charge is -2.21. The molecule has 1 saturated heterocycles. The lowest BCUT2D eigenvalue weighted by molar-refractivity contribution is -0.137. The van der Waals surface area contributed by atoms with Gasteiger partial charge in [0.15, 0.2) is 5.76 Å². The van der Waals surface area contributed by atoms with Crippen LogP contribution in [0, 0.1) is 0 Å². The number of nitrogens with zero attached hydrogens (tertiary/aromatic N) is 2. The third-order valence-electron chi connectivity index (χ3n) is 6.11. The zero-order valence-corrected chi connectivity index (χ0v) is 19.8. The third-order valence-corrected chi connectivity index (χ3v) is 6.11. The number of hydrogen-bond donors (Lipinski definition) is 1. The van der Waals surface area contributed by atoms with Gasteiger partial charge in [0.05, 0.1) is 12.1 Å². The van der Waals surface area contributed by atoms with E-state index in [-0.39, 0.29) is 35.4 Å². The van der Waals surface area contributed by atoms with E-state index in [1.54, 1.807) is 4.90 Å². The molecule has 2 heterocycles. The first kappa shape index (κ1) is 25.5. The van der Waals surface area contributed by atoms with Crippen molar-refractivity contribution < 1.29 is 27.2 Å². The average Bonchev–Trinajstić information content (AvgIpc) is 3.25. The van der Waals surface area contributed by atoms with Gasteiger partial charge in [-0.25, -0.2) is 0 Å². The fourth-order valence-electron chi connectivity index (χ4n) is 4.19. The number of alkyl halides is 3. The van der Waals surface area contributed by atoms with E-state index in [1.165, 1.54) is 24.3 Å². The van der Waals surface area contributed by atoms with Crippen LogP contribution in [-0.2, 0) is 17.4 Å². The number of furan rings is 1. The van der Waals surface area contributed by atoms with Crippen molar-refractivity contribution in [1.82, 2.24) is 15.1 Å². The molecule has 1 aliphatic heterocycles. The normalized spacial score (nSPS) is 14.9. The van der Waals surface area contributed by atoms with Crippen molar-refractivity contribution in [2.45, 2.75) is 19.0 Å². The van der Waals surface area contributed by atoms with Crippen LogP contribution in [0.5, 0.6) is 0 Å². The molecule has 9 heteroatoms. The summed E-state index contributed by atoms with van der Waals surface area (Å²) in [6.45, 7) is 2.98. The Morgan fingerprint density at radius 1 is 0.917 bits per heavy atom. The van der Waals surface area contributed by atoms with Gasteiger partial charge < -0.3 is 14.6 Å². The molecule has 2 aromatic carbocycles. The van der Waals surface area contributed by atoms with E-state index in [2.05, 4.69) is 5.32 Å². The largest absolute Gasteiger partial charge is 0.451 e. The smallest absolute Gasteiger partial charge is 0.416 e. The van der Waals surface area contributed by atoms with Gasteiger partial charge in [-0.3, -0.25) is 14.5 Å². The Hall–Kier alpha value is -3.59. The predicted octanol–water partition coefficient (Wildman–Crippen LogP) is 4.47. The number of hydrogen-bond acceptors (Lipinski definition) is 4. The lowest BCUT2D eigenvalue weighted by atomic mass is 10.1. The fourth-order valence-corrected chi connectivity index (χ4v) is 4.19. The van der Waals surface area contributed by atoms with Crippen molar-refractivity contribution in [2.75, 3.05) is 39.3 Å². The molecule has 190 valence electrons. The molecule has 0 spiro atoms. The van der Waals surface area contributed by atoms with E-state index in [1.807, 2.05) is 35.2 Å². The molecule has 1 aliphatic rings. The number of nitrogens with one attached hydrogen (secondary N) is 1. The Labute approximate surface area is 207 Å². The zero-order valence-electron chi connectivity index (χ0n) is 19.8. The van der Waals surface area contributed by atoms with E-state index < -0.39 is 11.7 Å². The molecule has 1 fully saturated rings. The molecule has 4 rings (SSSR count). The SMILES string of the molecule is O=C(CN1CCCN(C(=O)c2ccc(-c3cccc(C(F)(F)F)c3)o2)CC1)NCCc1ccccc1. The number of rotatable bonds is 7. The summed E-state index contributed by atoms with van der Waals surface area (Å²) >= 11 is 0. The summed E-state index contributed by atoms with van der Waals surface area (Å²) in [5.74, 6) is -0.0903. The maximum absolute atomic E-state index is 13.0. The van der Waals surface area contributed by atoms with Crippen molar-refractivity contribution in [3.05, 3.63) is 83.6 Å². The average molecular weight is 500 g/mol. The summed E-state index contributed by atoms with van der Waals surface area (Å²) in [5, 5.41) is 2.94. The summed E-state index contributed by atoms with van der Waals surface area (Å²) in [6.07, 6.45) is -3.00. The quantitative estimate of drug-likeness (QED) is 0.521. The van der Waals surface area contributed by atoms with Crippen LogP contribution in [0.15, 0.2) is 71.1 Å². The van der Waals surface area contributed by atoms with Crippen LogP contribution >= 0.6 is 0 Å². The first-order chi connectivity index (χ1) is 17.3. The fraction of sp³-hybridized carbons (Fsp3) is 0.333. The van der Waals surface area contributed by atoms with Gasteiger partial charge in [-0.2, -0.15) is 13.2 Å². The molecule has 6 nitrogen and oxygen atoms in total. The highest BCUT2D eigenvalue weighted by Gasteiger charge is 2.31. The summed E-state index contributed by atoms with van der Waals surface area (Å²) in [7, 11) is 0. The predicted molar refractivity (Wildman–Crippen MR) is 129 cm³/mol. The van der Waals surface area contributed by atoms with E-state index in [0.717, 1.165) is 24.1 Å². The summed E-state index contributed by atoms with van der Waals surface area (Å²) in [6, 6.07) is 17.7. The molecule has 0 aliphatic carbocycles. The van der Waals surface area contributed by atoms with Gasteiger partial charge in [-0.05, 0) is 42.7 Å². The van der Waals surface area contributed by atoms with Gasteiger partial charge in [-0.1, -0.05) is 42.5 Å². The molecule has 1 N–H and O–H groups in total. The van der Waals surface area contributed by atoms with Gasteiger partial charge in [0.1, 0.15) is 5.76 Å². The summed E-state index contributed by atoms with van der Waals surface area (Å²) in [5.41, 5.74) is 0.640. The van der Waals surface area contributed by atoms with E-state index >= 15 is 0 Å². The van der Waals surface area contributed by atoms with Crippen LogP contribution in [0.1, 0.15) is 28.1 Å². The van der Waals surface area contributed by atoms with Crippen LogP contribution in [0.2, 0.25) is 0 Å². The second-order valence-electron chi connectivity index (χ2n) is 8.75. The molecule has 0 atom stereocenters. The summed E-state index contributed by atoms with van der Waals surface area (Å²) in [4.78, 5) is 29.0. The van der Waals surface area contributed by atoms with Gasteiger partial charge in [0.2, 0.25) is 5.91 Å². The van der Waals surface area contributed by atoms with Crippen molar-refractivity contribution in [1.29, 1.82) is 0 Å². The Balaban J connectivity index is 1.28. The van der Waals surface area contributed by atoms with E-state index in [9.17, 15) is 22.8 Å². The second-order valence-corrected chi connectivity index (χ2v) is 8.75. The first-order valence-corrected chi connectivity index (χ1v) is 11.9. The highest BCUT2D eigenvalue weighted by Crippen LogP contribution is 2.32. The molecule has 0 bridgehead atoms. The number of amides is 2. The second kappa shape index (κ2) is 11.4. The third kappa shape index (κ3) is 6.75. The molecule has 2 amide bonds. The first-order valence-electron chi connectivity index (χ1n) is 11.9. The van der Waals surface area contributed by atoms with Crippen molar-refractivity contribution in [3.63, 3.8) is 0 Å². The summed E-state index contributed by atoms with van der Waals surface area (Å²) < 4.78 is 44.7. The Morgan fingerprint density at radius 3 is 2.50 bits per heavy atom. The van der Waals surface area contributed by atoms with Crippen LogP contribution in [0.3, 0.4) is 0 Å². The molecular formula is C27H28F3N3O3. The highest BCUT2D eigenvalue weighted by atomic mass is 19.4. The monoisotopic (exact) mass is 499 g/mol. The van der Waals surface area contributed by atoms with Crippen LogP contribution in [0.4, 0.5) is 13.2 Å². The van der Waals surface area contributed by atoms with Crippen molar-refractivity contribution in [3.8, 4) is 11.3 Å². The zero-order chi connectivity index (χ0) is 25.5. The molecule has 0 unspecified atom stereocenters. The van der Waals surface area contributed by atoms with Crippen LogP contribution in [0.25, 0.3) is 11.3 Å². The van der Waals surface area contributed by atoms with Crippen LogP contribution in [-0.4, -0.2) is 60.9 Å². The van der Waals surface area contributed by atoms with E-state index in [4.69, 9.17) is 4.42 Å². The van der Waals surface area contributed by atoms with Gasteiger partial charge in [0.25, 0.3) is 5.91 Å². The maximum atomic E-state index is 13.0. The van der Waals surface area contributed by atoms with Crippen LogP contribution < -0.4 is 5.32 Å². The van der Waals surface area contributed by atoms with Gasteiger partial charge in [-0.15, -0.1) is 0 Å². The van der Waals surface area contributed by atoms with Crippen molar-refractivity contribution >= 4 is 11.8 Å². The molecule has 0 radical (unpaired) electrons. The highest BCUT2D eigenvalue weighted by molar-refractivity contribution is 5.92. The number of carbonyl (C=O) groups is 2. The standard InChI is InChI=1S/C27H28F3N3O3/c28-27(29,30)22-9-4-8-21(18-22)23-10-11-24(36-23)26(35)33-15-5-14-32(16-17-33)19-25(34)31-13-12-20-6-2-1-3-7-20/h1-4,6-11,18H,5,12-17,19H2,(H,31,34). The number of halogens is 3. The number of carbonyl (C=O) groups excluding carboxylic acids is 2. The molecule has 36 heavy (non-hydrogen) atoms. The van der Waals surface area contributed by atoms with Crippen molar-refractivity contribution in [2.24, 2.45) is 0 Å². The Morgan fingerprint density at radius 2 is 1.72 bits per heavy atom. The Bertz CT molecular complexity index is 1180. The lowest BCUT2D eigenvalue weighted by Crippen LogP contribution is -2.40. The van der Waals surface area contributed by atoms with E-state index in [0.29, 0.717) is 39.1 Å². The number of benzene rings is 2. The molecular weight excluding hydrogens is 471 g/mol. The minimum Gasteiger partial charge on any atom is -0.451 e. The van der Waals surface area contributed by atoms with Gasteiger partial charge >= 0.3 is 6.18 Å².